The molecule has 0 unspecified atom stereocenters. The third-order valence-electron chi connectivity index (χ3n) is 3.44. The van der Waals surface area contributed by atoms with Gasteiger partial charge in [0.25, 0.3) is 0 Å². The van der Waals surface area contributed by atoms with Gasteiger partial charge in [-0.2, -0.15) is 0 Å². The Balaban J connectivity index is 2.34. The first kappa shape index (κ1) is 13.8. The van der Waals surface area contributed by atoms with E-state index in [0.29, 0.717) is 11.7 Å². The van der Waals surface area contributed by atoms with Crippen molar-refractivity contribution in [3.8, 4) is 0 Å². The van der Waals surface area contributed by atoms with Gasteiger partial charge in [-0.3, -0.25) is 19.1 Å². The van der Waals surface area contributed by atoms with Crippen LogP contribution in [0.15, 0.2) is 24.3 Å². The maximum absolute atomic E-state index is 12.0. The lowest BCUT2D eigenvalue weighted by molar-refractivity contribution is -0.116. The molecule has 0 atom stereocenters. The molecule has 0 N–H and O–H groups in total. The van der Waals surface area contributed by atoms with Crippen LogP contribution in [0, 0.1) is 0 Å². The van der Waals surface area contributed by atoms with Gasteiger partial charge in [0, 0.05) is 25.8 Å². The topological polar surface area (TPSA) is 55.2 Å². The maximum Gasteiger partial charge on any atom is 0.229 e. The SMILES string of the molecule is CCN(C(C)=O)c1nc2c3ccccc3n(C(C)=O)c2s1. The lowest BCUT2D eigenvalue weighted by atomic mass is 10.2. The lowest BCUT2D eigenvalue weighted by Gasteiger charge is -2.14. The molecule has 0 saturated carbocycles. The highest BCUT2D eigenvalue weighted by Gasteiger charge is 2.21. The molecule has 0 saturated heterocycles. The van der Waals surface area contributed by atoms with E-state index in [4.69, 9.17) is 0 Å². The van der Waals surface area contributed by atoms with Crippen LogP contribution in [-0.2, 0) is 4.79 Å². The number of carbonyl (C=O) groups excluding carboxylic acids is 2. The molecular weight excluding hydrogens is 286 g/mol. The zero-order chi connectivity index (χ0) is 15.1. The van der Waals surface area contributed by atoms with E-state index in [1.165, 1.54) is 25.2 Å². The van der Waals surface area contributed by atoms with Crippen molar-refractivity contribution in [3.05, 3.63) is 24.3 Å². The first-order valence-electron chi connectivity index (χ1n) is 6.73. The summed E-state index contributed by atoms with van der Waals surface area (Å²) in [6, 6.07) is 7.69. The molecule has 2 aromatic heterocycles. The molecule has 2 heterocycles. The van der Waals surface area contributed by atoms with Crippen molar-refractivity contribution < 1.29 is 9.59 Å². The minimum absolute atomic E-state index is 0.0485. The van der Waals surface area contributed by atoms with Gasteiger partial charge in [-0.25, -0.2) is 4.98 Å². The largest absolute Gasteiger partial charge is 0.289 e. The van der Waals surface area contributed by atoms with Gasteiger partial charge in [0.2, 0.25) is 11.8 Å². The summed E-state index contributed by atoms with van der Waals surface area (Å²) in [5.41, 5.74) is 1.64. The van der Waals surface area contributed by atoms with E-state index in [1.807, 2.05) is 31.2 Å². The predicted octanol–water partition coefficient (Wildman–Crippen LogP) is 3.28. The van der Waals surface area contributed by atoms with Crippen LogP contribution in [0.5, 0.6) is 0 Å². The molecule has 1 aromatic carbocycles. The number of hydrogen-bond acceptors (Lipinski definition) is 4. The highest BCUT2D eigenvalue weighted by atomic mass is 32.1. The molecule has 0 aliphatic rings. The number of nitrogens with zero attached hydrogens (tertiary/aromatic N) is 3. The minimum Gasteiger partial charge on any atom is -0.289 e. The fourth-order valence-electron chi connectivity index (χ4n) is 2.53. The average Bonchev–Trinajstić information content (AvgIpc) is 2.95. The minimum atomic E-state index is -0.0535. The number of thiazole rings is 1. The molecule has 0 aliphatic heterocycles. The first-order chi connectivity index (χ1) is 10.0. The number of rotatable bonds is 2. The molecule has 108 valence electrons. The Morgan fingerprint density at radius 1 is 1.29 bits per heavy atom. The van der Waals surface area contributed by atoms with Crippen LogP contribution in [0.2, 0.25) is 0 Å². The van der Waals surface area contributed by atoms with Crippen molar-refractivity contribution in [2.45, 2.75) is 20.8 Å². The second kappa shape index (κ2) is 4.96. The van der Waals surface area contributed by atoms with E-state index in [-0.39, 0.29) is 11.8 Å². The monoisotopic (exact) mass is 301 g/mol. The molecule has 3 aromatic rings. The number of benzene rings is 1. The highest BCUT2D eigenvalue weighted by molar-refractivity contribution is 7.22. The van der Waals surface area contributed by atoms with Crippen LogP contribution >= 0.6 is 11.3 Å². The molecule has 21 heavy (non-hydrogen) atoms. The zero-order valence-electron chi connectivity index (χ0n) is 12.1. The summed E-state index contributed by atoms with van der Waals surface area (Å²) in [7, 11) is 0. The Labute approximate surface area is 125 Å². The van der Waals surface area contributed by atoms with Crippen LogP contribution < -0.4 is 4.90 Å². The van der Waals surface area contributed by atoms with Gasteiger partial charge in [0.15, 0.2) is 5.13 Å². The normalized spacial score (nSPS) is 11.2. The number of aromatic nitrogens is 2. The molecule has 3 rings (SSSR count). The van der Waals surface area contributed by atoms with Crippen molar-refractivity contribution >= 4 is 49.5 Å². The summed E-state index contributed by atoms with van der Waals surface area (Å²) in [5, 5.41) is 1.57. The number of fused-ring (bicyclic) bond motifs is 3. The van der Waals surface area contributed by atoms with Gasteiger partial charge < -0.3 is 0 Å². The second-order valence-corrected chi connectivity index (χ2v) is 5.74. The van der Waals surface area contributed by atoms with Crippen molar-refractivity contribution in [2.75, 3.05) is 11.4 Å². The lowest BCUT2D eigenvalue weighted by Crippen LogP contribution is -2.27. The summed E-state index contributed by atoms with van der Waals surface area (Å²) in [4.78, 5) is 30.6. The fourth-order valence-corrected chi connectivity index (χ4v) is 3.78. The fraction of sp³-hybridized carbons (Fsp3) is 0.267. The molecule has 6 heteroatoms. The molecule has 0 bridgehead atoms. The van der Waals surface area contributed by atoms with E-state index in [0.717, 1.165) is 21.3 Å². The average molecular weight is 301 g/mol. The van der Waals surface area contributed by atoms with Crippen molar-refractivity contribution in [2.24, 2.45) is 0 Å². The first-order valence-corrected chi connectivity index (χ1v) is 7.55. The standard InChI is InChI=1S/C15H15N3O2S/c1-4-17(9(2)19)15-16-13-11-7-5-6-8-12(11)18(10(3)20)14(13)21-15/h5-8H,4H2,1-3H3. The third-order valence-corrected chi connectivity index (χ3v) is 4.51. The highest BCUT2D eigenvalue weighted by Crippen LogP contribution is 2.36. The Kier molecular flexibility index (Phi) is 3.25. The number of anilines is 1. The summed E-state index contributed by atoms with van der Waals surface area (Å²) >= 11 is 1.38. The van der Waals surface area contributed by atoms with Crippen LogP contribution in [0.4, 0.5) is 5.13 Å². The van der Waals surface area contributed by atoms with Gasteiger partial charge >= 0.3 is 0 Å². The maximum atomic E-state index is 12.0. The molecule has 0 aliphatic carbocycles. The Morgan fingerprint density at radius 2 is 2.00 bits per heavy atom. The molecule has 0 spiro atoms. The van der Waals surface area contributed by atoms with Crippen LogP contribution in [0.1, 0.15) is 25.6 Å². The van der Waals surface area contributed by atoms with Gasteiger partial charge in [-0.05, 0) is 13.0 Å². The van der Waals surface area contributed by atoms with Crippen molar-refractivity contribution in [1.29, 1.82) is 0 Å². The van der Waals surface area contributed by atoms with E-state index >= 15 is 0 Å². The predicted molar refractivity (Wildman–Crippen MR) is 85.1 cm³/mol. The Hall–Kier alpha value is -2.21. The van der Waals surface area contributed by atoms with Crippen molar-refractivity contribution in [1.82, 2.24) is 9.55 Å². The zero-order valence-corrected chi connectivity index (χ0v) is 12.9. The summed E-state index contributed by atoms with van der Waals surface area (Å²) in [6.07, 6.45) is 0. The van der Waals surface area contributed by atoms with E-state index in [2.05, 4.69) is 4.98 Å². The van der Waals surface area contributed by atoms with E-state index < -0.39 is 0 Å². The third kappa shape index (κ3) is 2.03. The van der Waals surface area contributed by atoms with Gasteiger partial charge in [-0.1, -0.05) is 29.5 Å². The summed E-state index contributed by atoms with van der Waals surface area (Å²) in [5.74, 6) is -0.102. The number of amides is 1. The van der Waals surface area contributed by atoms with Crippen LogP contribution in [0.25, 0.3) is 21.3 Å². The van der Waals surface area contributed by atoms with E-state index in [9.17, 15) is 9.59 Å². The number of para-hydroxylation sites is 1. The smallest absolute Gasteiger partial charge is 0.229 e. The second-order valence-electron chi connectivity index (χ2n) is 4.79. The molecular formula is C15H15N3O2S. The quantitative estimate of drug-likeness (QED) is 0.730. The van der Waals surface area contributed by atoms with Crippen molar-refractivity contribution in [3.63, 3.8) is 0 Å². The summed E-state index contributed by atoms with van der Waals surface area (Å²) in [6.45, 7) is 5.52. The Morgan fingerprint density at radius 3 is 2.62 bits per heavy atom. The van der Waals surface area contributed by atoms with E-state index in [1.54, 1.807) is 9.47 Å². The molecule has 0 radical (unpaired) electrons. The summed E-state index contributed by atoms with van der Waals surface area (Å²) < 4.78 is 1.67. The molecule has 0 fully saturated rings. The number of hydrogen-bond donors (Lipinski definition) is 0. The van der Waals surface area contributed by atoms with Gasteiger partial charge in [0.1, 0.15) is 10.3 Å². The molecule has 1 amide bonds. The van der Waals surface area contributed by atoms with Crippen LogP contribution in [-0.4, -0.2) is 27.9 Å². The number of carbonyl (C=O) groups is 2. The molecule has 5 nitrogen and oxygen atoms in total. The van der Waals surface area contributed by atoms with Gasteiger partial charge in [-0.15, -0.1) is 0 Å². The van der Waals surface area contributed by atoms with Gasteiger partial charge in [0.05, 0.1) is 5.52 Å². The van der Waals surface area contributed by atoms with Crippen LogP contribution in [0.3, 0.4) is 0 Å². The Bertz CT molecular complexity index is 862.